The van der Waals surface area contributed by atoms with E-state index in [0.717, 1.165) is 12.8 Å². The second-order valence-electron chi connectivity index (χ2n) is 7.63. The Balaban J connectivity index is 1.61. The van der Waals surface area contributed by atoms with Crippen molar-refractivity contribution in [2.45, 2.75) is 63.4 Å². The molecule has 1 amide bonds. The zero-order chi connectivity index (χ0) is 20.3. The minimum Gasteiger partial charge on any atom is -0.497 e. The van der Waals surface area contributed by atoms with Gasteiger partial charge in [-0.15, -0.1) is 0 Å². The van der Waals surface area contributed by atoms with Gasteiger partial charge in [0.05, 0.1) is 19.1 Å². The molecule has 1 aromatic rings. The molecule has 156 valence electrons. The molecule has 1 N–H and O–H groups in total. The summed E-state index contributed by atoms with van der Waals surface area (Å²) < 4.78 is 49.2. The Hall–Kier alpha value is -1.96. The van der Waals surface area contributed by atoms with Gasteiger partial charge in [-0.1, -0.05) is 0 Å². The van der Waals surface area contributed by atoms with E-state index in [2.05, 4.69) is 5.32 Å². The minimum absolute atomic E-state index is 0.145. The molecular formula is C20H27F3N2O3. The summed E-state index contributed by atoms with van der Waals surface area (Å²) in [6.45, 7) is 2.68. The van der Waals surface area contributed by atoms with Crippen LogP contribution in [0.3, 0.4) is 0 Å². The third kappa shape index (κ3) is 5.77. The van der Waals surface area contributed by atoms with Crippen LogP contribution < -0.4 is 14.8 Å². The molecule has 1 heterocycles. The Labute approximate surface area is 163 Å². The number of alkyl halides is 3. The molecule has 0 aromatic heterocycles. The first-order chi connectivity index (χ1) is 13.2. The summed E-state index contributed by atoms with van der Waals surface area (Å²) in [5.74, 6) is 0.880. The van der Waals surface area contributed by atoms with Crippen molar-refractivity contribution < 1.29 is 27.4 Å². The Kier molecular flexibility index (Phi) is 6.37. The van der Waals surface area contributed by atoms with Gasteiger partial charge in [0.2, 0.25) is 0 Å². The number of amides is 1. The second kappa shape index (κ2) is 8.59. The smallest absolute Gasteiger partial charge is 0.390 e. The Morgan fingerprint density at radius 1 is 1.25 bits per heavy atom. The lowest BCUT2D eigenvalue weighted by Gasteiger charge is -2.36. The van der Waals surface area contributed by atoms with Crippen molar-refractivity contribution in [1.29, 1.82) is 0 Å². The van der Waals surface area contributed by atoms with Crippen LogP contribution in [0.1, 0.15) is 49.4 Å². The number of nitrogens with zero attached hydrogens (tertiary/aromatic N) is 1. The van der Waals surface area contributed by atoms with Gasteiger partial charge >= 0.3 is 6.18 Å². The summed E-state index contributed by atoms with van der Waals surface area (Å²) >= 11 is 0. The van der Waals surface area contributed by atoms with E-state index in [1.165, 1.54) is 0 Å². The monoisotopic (exact) mass is 400 g/mol. The summed E-state index contributed by atoms with van der Waals surface area (Å²) in [7, 11) is 1.55. The maximum Gasteiger partial charge on any atom is 0.390 e. The highest BCUT2D eigenvalue weighted by Gasteiger charge is 2.34. The van der Waals surface area contributed by atoms with Crippen LogP contribution in [0.4, 0.5) is 13.2 Å². The van der Waals surface area contributed by atoms with E-state index >= 15 is 0 Å². The van der Waals surface area contributed by atoms with E-state index in [1.54, 1.807) is 32.2 Å². The third-order valence-electron chi connectivity index (χ3n) is 5.27. The molecule has 1 atom stereocenters. The van der Waals surface area contributed by atoms with Gasteiger partial charge in [-0.05, 0) is 44.7 Å². The molecule has 2 fully saturated rings. The van der Waals surface area contributed by atoms with Crippen molar-refractivity contribution in [2.24, 2.45) is 0 Å². The van der Waals surface area contributed by atoms with E-state index in [-0.39, 0.29) is 18.1 Å². The van der Waals surface area contributed by atoms with Crippen molar-refractivity contribution in [2.75, 3.05) is 20.2 Å². The molecule has 1 saturated carbocycles. The topological polar surface area (TPSA) is 50.8 Å². The Morgan fingerprint density at radius 3 is 2.50 bits per heavy atom. The molecule has 1 aliphatic heterocycles. The van der Waals surface area contributed by atoms with Crippen LogP contribution in [0.15, 0.2) is 18.2 Å². The Morgan fingerprint density at radius 2 is 1.93 bits per heavy atom. The summed E-state index contributed by atoms with van der Waals surface area (Å²) in [6.07, 6.45) is -1.89. The van der Waals surface area contributed by atoms with Crippen LogP contribution in [0, 0.1) is 0 Å². The fourth-order valence-corrected chi connectivity index (χ4v) is 3.48. The average Bonchev–Trinajstić information content (AvgIpc) is 3.44. The highest BCUT2D eigenvalue weighted by atomic mass is 19.4. The number of carbonyl (C=O) groups excluding carboxylic acids is 1. The van der Waals surface area contributed by atoms with Crippen LogP contribution in [-0.4, -0.2) is 55.4 Å². The van der Waals surface area contributed by atoms with Crippen molar-refractivity contribution in [3.05, 3.63) is 23.8 Å². The molecule has 8 heteroatoms. The van der Waals surface area contributed by atoms with Crippen molar-refractivity contribution in [1.82, 2.24) is 10.2 Å². The number of piperidine rings is 1. The molecule has 1 aromatic carbocycles. The number of likely N-dealkylation sites (tertiary alicyclic amines) is 1. The van der Waals surface area contributed by atoms with Gasteiger partial charge in [0, 0.05) is 31.2 Å². The minimum atomic E-state index is -4.16. The van der Waals surface area contributed by atoms with E-state index in [1.807, 2.05) is 4.90 Å². The number of rotatable bonds is 7. The van der Waals surface area contributed by atoms with Crippen LogP contribution >= 0.6 is 0 Å². The lowest BCUT2D eigenvalue weighted by molar-refractivity contribution is -0.147. The number of ether oxygens (including phenoxy) is 2. The van der Waals surface area contributed by atoms with Gasteiger partial charge in [0.1, 0.15) is 17.6 Å². The first-order valence-electron chi connectivity index (χ1n) is 9.71. The average molecular weight is 400 g/mol. The first kappa shape index (κ1) is 20.8. The largest absolute Gasteiger partial charge is 0.497 e. The number of carbonyl (C=O) groups is 1. The lowest BCUT2D eigenvalue weighted by atomic mass is 10.0. The summed E-state index contributed by atoms with van der Waals surface area (Å²) in [4.78, 5) is 14.3. The van der Waals surface area contributed by atoms with Crippen molar-refractivity contribution in [3.63, 3.8) is 0 Å². The summed E-state index contributed by atoms with van der Waals surface area (Å²) in [6, 6.07) is 4.79. The van der Waals surface area contributed by atoms with Crippen LogP contribution in [0.5, 0.6) is 11.5 Å². The van der Waals surface area contributed by atoms with E-state index in [4.69, 9.17) is 9.47 Å². The summed E-state index contributed by atoms with van der Waals surface area (Å²) in [5, 5.41) is 2.95. The van der Waals surface area contributed by atoms with Crippen molar-refractivity contribution in [3.8, 4) is 11.5 Å². The summed E-state index contributed by atoms with van der Waals surface area (Å²) in [5.41, 5.74) is 0.459. The lowest BCUT2D eigenvalue weighted by Crippen LogP contribution is -2.44. The predicted octanol–water partition coefficient (Wildman–Crippen LogP) is 3.77. The molecule has 1 aliphatic carbocycles. The molecule has 0 spiro atoms. The maximum absolute atomic E-state index is 12.6. The van der Waals surface area contributed by atoms with Gasteiger partial charge < -0.3 is 19.7 Å². The highest BCUT2D eigenvalue weighted by Crippen LogP contribution is 2.30. The van der Waals surface area contributed by atoms with Gasteiger partial charge in [-0.25, -0.2) is 0 Å². The van der Waals surface area contributed by atoms with Crippen LogP contribution in [0.25, 0.3) is 0 Å². The normalized spacial score (nSPS) is 19.9. The molecule has 1 unspecified atom stereocenters. The number of hydrogen-bond acceptors (Lipinski definition) is 4. The Bertz CT molecular complexity index is 684. The number of hydrogen-bond donors (Lipinski definition) is 1. The SMILES string of the molecule is COc1ccc(C(=O)NC2CC2)c(OC2CCN(C(C)CC(F)(F)F)CC2)c1. The molecule has 2 aliphatic rings. The standard InChI is InChI=1S/C20H27F3N2O3/c1-13(12-20(21,22)23)25-9-7-15(8-10-25)28-18-11-16(27-2)5-6-17(18)19(26)24-14-3-4-14/h5-6,11,13-15H,3-4,7-10,12H2,1-2H3,(H,24,26). The van der Waals surface area contributed by atoms with Crippen LogP contribution in [-0.2, 0) is 0 Å². The first-order valence-corrected chi connectivity index (χ1v) is 9.71. The maximum atomic E-state index is 12.6. The van der Waals surface area contributed by atoms with Crippen LogP contribution in [0.2, 0.25) is 0 Å². The van der Waals surface area contributed by atoms with Crippen molar-refractivity contribution >= 4 is 5.91 Å². The van der Waals surface area contributed by atoms with E-state index in [0.29, 0.717) is 43.0 Å². The zero-order valence-corrected chi connectivity index (χ0v) is 16.2. The number of methoxy groups -OCH3 is 1. The fourth-order valence-electron chi connectivity index (χ4n) is 3.48. The van der Waals surface area contributed by atoms with E-state index in [9.17, 15) is 18.0 Å². The predicted molar refractivity (Wildman–Crippen MR) is 98.8 cm³/mol. The zero-order valence-electron chi connectivity index (χ0n) is 16.2. The highest BCUT2D eigenvalue weighted by molar-refractivity contribution is 5.97. The van der Waals surface area contributed by atoms with E-state index < -0.39 is 18.6 Å². The fraction of sp³-hybridized carbons (Fsp3) is 0.650. The van der Waals surface area contributed by atoms with Gasteiger partial charge in [0.15, 0.2) is 0 Å². The number of nitrogens with one attached hydrogen (secondary N) is 1. The van der Waals surface area contributed by atoms with Gasteiger partial charge in [0.25, 0.3) is 5.91 Å². The molecule has 0 radical (unpaired) electrons. The van der Waals surface area contributed by atoms with Gasteiger partial charge in [-0.3, -0.25) is 4.79 Å². The molecule has 1 saturated heterocycles. The number of benzene rings is 1. The quantitative estimate of drug-likeness (QED) is 0.757. The molecule has 5 nitrogen and oxygen atoms in total. The molecule has 0 bridgehead atoms. The van der Waals surface area contributed by atoms with Gasteiger partial charge in [-0.2, -0.15) is 13.2 Å². The molecule has 28 heavy (non-hydrogen) atoms. The second-order valence-corrected chi connectivity index (χ2v) is 7.63. The molecular weight excluding hydrogens is 373 g/mol. The molecule has 3 rings (SSSR count). The number of halogens is 3. The third-order valence-corrected chi connectivity index (χ3v) is 5.27.